The van der Waals surface area contributed by atoms with E-state index in [0.29, 0.717) is 6.54 Å². The number of hydrogen-bond donors (Lipinski definition) is 1. The number of para-hydroxylation sites is 1. The van der Waals surface area contributed by atoms with E-state index in [9.17, 15) is 9.59 Å². The van der Waals surface area contributed by atoms with Crippen molar-refractivity contribution in [1.82, 2.24) is 19.9 Å². The van der Waals surface area contributed by atoms with Crippen LogP contribution < -0.4 is 0 Å². The van der Waals surface area contributed by atoms with Crippen LogP contribution in [0.15, 0.2) is 36.5 Å². The molecule has 1 N–H and O–H groups in total. The van der Waals surface area contributed by atoms with Crippen molar-refractivity contribution in [1.29, 1.82) is 0 Å². The fourth-order valence-corrected chi connectivity index (χ4v) is 2.19. The number of benzene rings is 1. The SMILES string of the molecule is O=C(O)C1CN(C(=O)c2cnn(-c3ccccc3)n2)CCO1. The smallest absolute Gasteiger partial charge is 0.334 e. The van der Waals surface area contributed by atoms with Crippen LogP contribution in [0, 0.1) is 0 Å². The number of aliphatic carboxylic acids is 1. The summed E-state index contributed by atoms with van der Waals surface area (Å²) in [6, 6.07) is 9.21. The number of rotatable bonds is 3. The summed E-state index contributed by atoms with van der Waals surface area (Å²) in [7, 11) is 0. The lowest BCUT2D eigenvalue weighted by Crippen LogP contribution is -2.48. The van der Waals surface area contributed by atoms with E-state index in [0.717, 1.165) is 5.69 Å². The summed E-state index contributed by atoms with van der Waals surface area (Å²) < 4.78 is 5.10. The summed E-state index contributed by atoms with van der Waals surface area (Å²) in [5.74, 6) is -1.43. The van der Waals surface area contributed by atoms with Crippen molar-refractivity contribution in [3.63, 3.8) is 0 Å². The third kappa shape index (κ3) is 2.82. The van der Waals surface area contributed by atoms with Gasteiger partial charge in [0.05, 0.1) is 25.0 Å². The third-order valence-electron chi connectivity index (χ3n) is 3.33. The van der Waals surface area contributed by atoms with Crippen LogP contribution in [0.2, 0.25) is 0 Å². The zero-order valence-electron chi connectivity index (χ0n) is 11.6. The largest absolute Gasteiger partial charge is 0.479 e. The van der Waals surface area contributed by atoms with E-state index in [1.807, 2.05) is 30.3 Å². The quantitative estimate of drug-likeness (QED) is 0.869. The van der Waals surface area contributed by atoms with Gasteiger partial charge in [-0.25, -0.2) is 4.79 Å². The lowest BCUT2D eigenvalue weighted by atomic mass is 10.2. The van der Waals surface area contributed by atoms with Crippen molar-refractivity contribution in [2.24, 2.45) is 0 Å². The molecule has 1 atom stereocenters. The number of carbonyl (C=O) groups excluding carboxylic acids is 1. The molecular formula is C14H14N4O4. The van der Waals surface area contributed by atoms with Crippen LogP contribution in [-0.2, 0) is 9.53 Å². The molecule has 1 amide bonds. The van der Waals surface area contributed by atoms with Gasteiger partial charge in [0, 0.05) is 6.54 Å². The molecule has 1 aromatic carbocycles. The normalized spacial score (nSPS) is 18.2. The molecule has 1 unspecified atom stereocenters. The molecule has 0 radical (unpaired) electrons. The van der Waals surface area contributed by atoms with Crippen molar-refractivity contribution in [2.45, 2.75) is 6.10 Å². The first kappa shape index (κ1) is 14.2. The van der Waals surface area contributed by atoms with E-state index in [4.69, 9.17) is 9.84 Å². The van der Waals surface area contributed by atoms with Gasteiger partial charge < -0.3 is 14.7 Å². The highest BCUT2D eigenvalue weighted by atomic mass is 16.5. The minimum Gasteiger partial charge on any atom is -0.479 e. The zero-order chi connectivity index (χ0) is 15.5. The summed E-state index contributed by atoms with van der Waals surface area (Å²) >= 11 is 0. The molecule has 114 valence electrons. The summed E-state index contributed by atoms with van der Waals surface area (Å²) in [6.45, 7) is 0.530. The highest BCUT2D eigenvalue weighted by Crippen LogP contribution is 2.10. The Morgan fingerprint density at radius 1 is 1.27 bits per heavy atom. The fourth-order valence-electron chi connectivity index (χ4n) is 2.19. The molecule has 3 rings (SSSR count). The van der Waals surface area contributed by atoms with Gasteiger partial charge in [-0.15, -0.1) is 5.10 Å². The summed E-state index contributed by atoms with van der Waals surface area (Å²) in [4.78, 5) is 26.1. The van der Waals surface area contributed by atoms with Crippen molar-refractivity contribution in [3.05, 3.63) is 42.2 Å². The number of hydrogen-bond acceptors (Lipinski definition) is 5. The van der Waals surface area contributed by atoms with Crippen LogP contribution >= 0.6 is 0 Å². The minimum absolute atomic E-state index is 0.00631. The third-order valence-corrected chi connectivity index (χ3v) is 3.33. The predicted octanol–water partition coefficient (Wildman–Crippen LogP) is 0.193. The Morgan fingerprint density at radius 3 is 2.77 bits per heavy atom. The molecule has 1 fully saturated rings. The number of morpholine rings is 1. The van der Waals surface area contributed by atoms with E-state index >= 15 is 0 Å². The van der Waals surface area contributed by atoms with Gasteiger partial charge in [0.15, 0.2) is 11.8 Å². The molecule has 0 saturated carbocycles. The molecule has 22 heavy (non-hydrogen) atoms. The Kier molecular flexibility index (Phi) is 3.84. The highest BCUT2D eigenvalue weighted by Gasteiger charge is 2.30. The van der Waals surface area contributed by atoms with E-state index < -0.39 is 12.1 Å². The second kappa shape index (κ2) is 5.94. The maximum Gasteiger partial charge on any atom is 0.334 e. The van der Waals surface area contributed by atoms with Gasteiger partial charge in [0.25, 0.3) is 5.91 Å². The van der Waals surface area contributed by atoms with Crippen LogP contribution in [0.4, 0.5) is 0 Å². The monoisotopic (exact) mass is 302 g/mol. The van der Waals surface area contributed by atoms with Gasteiger partial charge in [-0.05, 0) is 12.1 Å². The van der Waals surface area contributed by atoms with Gasteiger partial charge in [-0.2, -0.15) is 9.90 Å². The number of carboxylic acids is 1. The van der Waals surface area contributed by atoms with E-state index in [1.54, 1.807) is 0 Å². The second-order valence-electron chi connectivity index (χ2n) is 4.80. The number of carboxylic acid groups (broad SMARTS) is 1. The molecule has 1 aromatic heterocycles. The lowest BCUT2D eigenvalue weighted by Gasteiger charge is -2.30. The topological polar surface area (TPSA) is 97.6 Å². The molecule has 0 aliphatic carbocycles. The molecule has 2 aromatic rings. The van der Waals surface area contributed by atoms with E-state index in [1.165, 1.54) is 15.9 Å². The Balaban J connectivity index is 1.76. The van der Waals surface area contributed by atoms with E-state index in [2.05, 4.69) is 10.2 Å². The number of nitrogens with zero attached hydrogens (tertiary/aromatic N) is 4. The average molecular weight is 302 g/mol. The fraction of sp³-hybridized carbons (Fsp3) is 0.286. The summed E-state index contributed by atoms with van der Waals surface area (Å²) in [6.07, 6.45) is 0.377. The Labute approximate surface area is 125 Å². The standard InChI is InChI=1S/C14H14N4O4/c19-13(17-6-7-22-12(9-17)14(20)21)11-8-15-18(16-11)10-4-2-1-3-5-10/h1-5,8,12H,6-7,9H2,(H,20,21). The van der Waals surface area contributed by atoms with Crippen molar-refractivity contribution >= 4 is 11.9 Å². The average Bonchev–Trinajstić information content (AvgIpc) is 3.05. The van der Waals surface area contributed by atoms with E-state index in [-0.39, 0.29) is 24.8 Å². The van der Waals surface area contributed by atoms with Crippen LogP contribution in [-0.4, -0.2) is 62.7 Å². The first-order valence-electron chi connectivity index (χ1n) is 6.76. The van der Waals surface area contributed by atoms with Crippen LogP contribution in [0.5, 0.6) is 0 Å². The first-order valence-corrected chi connectivity index (χ1v) is 6.76. The second-order valence-corrected chi connectivity index (χ2v) is 4.80. The molecule has 0 bridgehead atoms. The summed E-state index contributed by atoms with van der Waals surface area (Å²) in [5.41, 5.74) is 0.918. The molecule has 1 saturated heterocycles. The molecule has 2 heterocycles. The molecular weight excluding hydrogens is 288 g/mol. The maximum absolute atomic E-state index is 12.4. The van der Waals surface area contributed by atoms with Crippen LogP contribution in [0.1, 0.15) is 10.5 Å². The van der Waals surface area contributed by atoms with Crippen molar-refractivity contribution < 1.29 is 19.4 Å². The van der Waals surface area contributed by atoms with Crippen molar-refractivity contribution in [2.75, 3.05) is 19.7 Å². The zero-order valence-corrected chi connectivity index (χ0v) is 11.6. The Hall–Kier alpha value is -2.74. The maximum atomic E-state index is 12.4. The first-order chi connectivity index (χ1) is 10.6. The van der Waals surface area contributed by atoms with Gasteiger partial charge >= 0.3 is 5.97 Å². The van der Waals surface area contributed by atoms with Crippen molar-refractivity contribution in [3.8, 4) is 5.69 Å². The van der Waals surface area contributed by atoms with Gasteiger partial charge in [0.2, 0.25) is 0 Å². The molecule has 0 spiro atoms. The van der Waals surface area contributed by atoms with Gasteiger partial charge in [-0.3, -0.25) is 4.79 Å². The number of carbonyl (C=O) groups is 2. The number of aromatic nitrogens is 3. The van der Waals surface area contributed by atoms with Gasteiger partial charge in [-0.1, -0.05) is 18.2 Å². The van der Waals surface area contributed by atoms with Gasteiger partial charge in [0.1, 0.15) is 0 Å². The highest BCUT2D eigenvalue weighted by molar-refractivity contribution is 5.92. The Morgan fingerprint density at radius 2 is 2.05 bits per heavy atom. The summed E-state index contributed by atoms with van der Waals surface area (Å²) in [5, 5.41) is 17.2. The number of ether oxygens (including phenoxy) is 1. The van der Waals surface area contributed by atoms with Crippen LogP contribution in [0.3, 0.4) is 0 Å². The minimum atomic E-state index is -1.08. The number of amides is 1. The lowest BCUT2D eigenvalue weighted by molar-refractivity contribution is -0.154. The predicted molar refractivity (Wildman–Crippen MR) is 74.6 cm³/mol. The van der Waals surface area contributed by atoms with Crippen LogP contribution in [0.25, 0.3) is 5.69 Å². The molecule has 8 nitrogen and oxygen atoms in total. The Bertz CT molecular complexity index is 685. The molecule has 1 aliphatic heterocycles. The molecule has 8 heteroatoms. The molecule has 1 aliphatic rings.